The fourth-order valence-corrected chi connectivity index (χ4v) is 1.60. The van der Waals surface area contributed by atoms with Gasteiger partial charge in [-0.25, -0.2) is 0 Å². The number of hydrogen-bond acceptors (Lipinski definition) is 2. The Bertz CT molecular complexity index is 267. The van der Waals surface area contributed by atoms with Gasteiger partial charge in [-0.1, -0.05) is 5.92 Å². The zero-order chi connectivity index (χ0) is 11.1. The Morgan fingerprint density at radius 2 is 2.31 bits per heavy atom. The number of nitrogens with one attached hydrogen (secondary N) is 2. The van der Waals surface area contributed by atoms with E-state index in [1.54, 1.807) is 7.05 Å². The molecular formula is C11H20IN3O. The van der Waals surface area contributed by atoms with Crippen LogP contribution in [0, 0.1) is 12.3 Å². The molecule has 0 radical (unpaired) electrons. The Kier molecular flexibility index (Phi) is 7.51. The molecule has 0 aromatic rings. The summed E-state index contributed by atoms with van der Waals surface area (Å²) in [5.41, 5.74) is -0.0617. The van der Waals surface area contributed by atoms with Gasteiger partial charge >= 0.3 is 0 Å². The number of terminal acetylenes is 1. The van der Waals surface area contributed by atoms with Gasteiger partial charge in [0.25, 0.3) is 0 Å². The highest BCUT2D eigenvalue weighted by molar-refractivity contribution is 14.0. The van der Waals surface area contributed by atoms with E-state index in [0.717, 1.165) is 32.0 Å². The Morgan fingerprint density at radius 3 is 2.81 bits per heavy atom. The zero-order valence-corrected chi connectivity index (χ0v) is 12.2. The molecule has 0 spiro atoms. The molecule has 0 amide bonds. The summed E-state index contributed by atoms with van der Waals surface area (Å²) >= 11 is 0. The van der Waals surface area contributed by atoms with E-state index in [1.165, 1.54) is 0 Å². The van der Waals surface area contributed by atoms with Gasteiger partial charge in [-0.2, -0.15) is 0 Å². The first-order valence-electron chi connectivity index (χ1n) is 5.22. The number of halogens is 1. The van der Waals surface area contributed by atoms with Crippen LogP contribution in [0.1, 0.15) is 19.8 Å². The minimum atomic E-state index is -0.0617. The van der Waals surface area contributed by atoms with E-state index in [0.29, 0.717) is 6.54 Å². The fraction of sp³-hybridized carbons (Fsp3) is 0.727. The van der Waals surface area contributed by atoms with Gasteiger partial charge in [0.15, 0.2) is 5.96 Å². The number of guanidine groups is 1. The standard InChI is InChI=1S/C11H19N3O.HI/c1-4-7-13-10(12-3)14-9-11(2)6-5-8-15-11;/h1H,5-9H2,2-3H3,(H2,12,13,14);1H. The molecule has 0 aliphatic carbocycles. The van der Waals surface area contributed by atoms with Gasteiger partial charge in [0.1, 0.15) is 0 Å². The van der Waals surface area contributed by atoms with E-state index in [2.05, 4.69) is 28.5 Å². The second kappa shape index (κ2) is 7.74. The van der Waals surface area contributed by atoms with E-state index in [9.17, 15) is 0 Å². The number of aliphatic imine (C=N–C) groups is 1. The van der Waals surface area contributed by atoms with E-state index in [-0.39, 0.29) is 29.6 Å². The lowest BCUT2D eigenvalue weighted by molar-refractivity contribution is 0.0243. The normalized spacial score (nSPS) is 24.4. The first kappa shape index (κ1) is 15.5. The minimum Gasteiger partial charge on any atom is -0.373 e. The Labute approximate surface area is 115 Å². The summed E-state index contributed by atoms with van der Waals surface area (Å²) in [7, 11) is 1.73. The van der Waals surface area contributed by atoms with Crippen LogP contribution in [0.5, 0.6) is 0 Å². The summed E-state index contributed by atoms with van der Waals surface area (Å²) < 4.78 is 5.65. The van der Waals surface area contributed by atoms with Crippen molar-refractivity contribution in [3.8, 4) is 12.3 Å². The molecule has 0 bridgehead atoms. The quantitative estimate of drug-likeness (QED) is 0.349. The molecule has 0 aromatic heterocycles. The highest BCUT2D eigenvalue weighted by atomic mass is 127. The van der Waals surface area contributed by atoms with Gasteiger partial charge < -0.3 is 15.4 Å². The predicted molar refractivity (Wildman–Crippen MR) is 77.2 cm³/mol. The van der Waals surface area contributed by atoms with Crippen LogP contribution in [0.15, 0.2) is 4.99 Å². The predicted octanol–water partition coefficient (Wildman–Crippen LogP) is 0.972. The van der Waals surface area contributed by atoms with Crippen molar-refractivity contribution in [2.75, 3.05) is 26.7 Å². The SMILES string of the molecule is C#CCNC(=NC)NCC1(C)CCCO1.I. The summed E-state index contributed by atoms with van der Waals surface area (Å²) in [4.78, 5) is 4.06. The summed E-state index contributed by atoms with van der Waals surface area (Å²) in [6.07, 6.45) is 7.38. The highest BCUT2D eigenvalue weighted by Gasteiger charge is 2.29. The van der Waals surface area contributed by atoms with Crippen molar-refractivity contribution in [1.29, 1.82) is 0 Å². The first-order chi connectivity index (χ1) is 7.20. The molecule has 1 aliphatic rings. The van der Waals surface area contributed by atoms with Crippen LogP contribution in [0.4, 0.5) is 0 Å². The molecule has 16 heavy (non-hydrogen) atoms. The molecule has 1 atom stereocenters. The monoisotopic (exact) mass is 337 g/mol. The number of hydrogen-bond donors (Lipinski definition) is 2. The number of ether oxygens (including phenoxy) is 1. The molecule has 1 rings (SSSR count). The summed E-state index contributed by atoms with van der Waals surface area (Å²) in [5, 5.41) is 6.21. The summed E-state index contributed by atoms with van der Waals surface area (Å²) in [6, 6.07) is 0. The van der Waals surface area contributed by atoms with Gasteiger partial charge in [0.05, 0.1) is 12.1 Å². The lowest BCUT2D eigenvalue weighted by Gasteiger charge is -2.24. The van der Waals surface area contributed by atoms with Gasteiger partial charge in [-0.05, 0) is 19.8 Å². The Balaban J connectivity index is 0.00000225. The van der Waals surface area contributed by atoms with Gasteiger partial charge in [-0.3, -0.25) is 4.99 Å². The second-order valence-electron chi connectivity index (χ2n) is 3.89. The van der Waals surface area contributed by atoms with Crippen LogP contribution in [0.3, 0.4) is 0 Å². The average molecular weight is 337 g/mol. The van der Waals surface area contributed by atoms with Crippen LogP contribution in [-0.2, 0) is 4.74 Å². The Morgan fingerprint density at radius 1 is 1.56 bits per heavy atom. The molecule has 0 saturated carbocycles. The van der Waals surface area contributed by atoms with Crippen LogP contribution < -0.4 is 10.6 Å². The van der Waals surface area contributed by atoms with Gasteiger partial charge in [0.2, 0.25) is 0 Å². The molecule has 2 N–H and O–H groups in total. The van der Waals surface area contributed by atoms with Gasteiger partial charge in [-0.15, -0.1) is 30.4 Å². The Hall–Kier alpha value is -0.480. The van der Waals surface area contributed by atoms with Crippen LogP contribution in [0.2, 0.25) is 0 Å². The van der Waals surface area contributed by atoms with Crippen LogP contribution in [0.25, 0.3) is 0 Å². The maximum Gasteiger partial charge on any atom is 0.191 e. The van der Waals surface area contributed by atoms with E-state index in [4.69, 9.17) is 11.2 Å². The lowest BCUT2D eigenvalue weighted by Crippen LogP contribution is -2.45. The third kappa shape index (κ3) is 5.03. The minimum absolute atomic E-state index is 0. The van der Waals surface area contributed by atoms with Crippen molar-refractivity contribution >= 4 is 29.9 Å². The average Bonchev–Trinajstić information content (AvgIpc) is 2.66. The van der Waals surface area contributed by atoms with Crippen LogP contribution >= 0.6 is 24.0 Å². The first-order valence-corrected chi connectivity index (χ1v) is 5.22. The van der Waals surface area contributed by atoms with Crippen molar-refractivity contribution < 1.29 is 4.74 Å². The molecule has 92 valence electrons. The van der Waals surface area contributed by atoms with Crippen LogP contribution in [-0.4, -0.2) is 38.3 Å². The lowest BCUT2D eigenvalue weighted by atomic mass is 10.0. The maximum atomic E-state index is 5.65. The van der Waals surface area contributed by atoms with Gasteiger partial charge in [0, 0.05) is 20.2 Å². The molecule has 1 heterocycles. The second-order valence-corrected chi connectivity index (χ2v) is 3.89. The third-order valence-electron chi connectivity index (χ3n) is 2.51. The zero-order valence-electron chi connectivity index (χ0n) is 9.88. The van der Waals surface area contributed by atoms with Crippen molar-refractivity contribution in [1.82, 2.24) is 10.6 Å². The maximum absolute atomic E-state index is 5.65. The number of rotatable bonds is 3. The van der Waals surface area contributed by atoms with Crippen molar-refractivity contribution in [3.05, 3.63) is 0 Å². The molecule has 1 saturated heterocycles. The molecular weight excluding hydrogens is 317 g/mol. The molecule has 1 aliphatic heterocycles. The number of nitrogens with zero attached hydrogens (tertiary/aromatic N) is 1. The molecule has 5 heteroatoms. The summed E-state index contributed by atoms with van der Waals surface area (Å²) in [6.45, 7) is 4.21. The largest absolute Gasteiger partial charge is 0.373 e. The van der Waals surface area contributed by atoms with E-state index < -0.39 is 0 Å². The molecule has 1 unspecified atom stereocenters. The molecule has 1 fully saturated rings. The molecule has 4 nitrogen and oxygen atoms in total. The molecule has 0 aromatic carbocycles. The van der Waals surface area contributed by atoms with Crippen molar-refractivity contribution in [2.24, 2.45) is 4.99 Å². The third-order valence-corrected chi connectivity index (χ3v) is 2.51. The fourth-order valence-electron chi connectivity index (χ4n) is 1.60. The van der Waals surface area contributed by atoms with Crippen molar-refractivity contribution in [3.63, 3.8) is 0 Å². The smallest absolute Gasteiger partial charge is 0.191 e. The topological polar surface area (TPSA) is 45.7 Å². The van der Waals surface area contributed by atoms with E-state index in [1.807, 2.05) is 0 Å². The van der Waals surface area contributed by atoms with Crippen molar-refractivity contribution in [2.45, 2.75) is 25.4 Å². The highest BCUT2D eigenvalue weighted by Crippen LogP contribution is 2.23. The summed E-state index contributed by atoms with van der Waals surface area (Å²) in [5.74, 6) is 3.23. The van der Waals surface area contributed by atoms with E-state index >= 15 is 0 Å².